The first-order valence-corrected chi connectivity index (χ1v) is 4.36. The molecule has 0 radical (unpaired) electrons. The Labute approximate surface area is 79.7 Å². The van der Waals surface area contributed by atoms with E-state index in [1.54, 1.807) is 0 Å². The van der Waals surface area contributed by atoms with Gasteiger partial charge in [0.05, 0.1) is 0 Å². The summed E-state index contributed by atoms with van der Waals surface area (Å²) in [6, 6.07) is 5.71. The quantitative estimate of drug-likeness (QED) is 0.743. The summed E-state index contributed by atoms with van der Waals surface area (Å²) in [7, 11) is 0. The molecule has 0 N–H and O–H groups in total. The van der Waals surface area contributed by atoms with Gasteiger partial charge in [0.15, 0.2) is 6.29 Å². The Morgan fingerprint density at radius 2 is 2.33 bits per heavy atom. The second-order valence-corrected chi connectivity index (χ2v) is 3.30. The highest BCUT2D eigenvalue weighted by Gasteiger charge is 1.98. The number of aldehydes is 1. The minimum atomic E-state index is 0.108. The zero-order valence-electron chi connectivity index (χ0n) is 6.71. The number of hydrogen-bond acceptors (Lipinski definition) is 2. The van der Waals surface area contributed by atoms with Crippen LogP contribution in [-0.2, 0) is 4.79 Å². The zero-order valence-corrected chi connectivity index (χ0v) is 8.30. The molecule has 2 nitrogen and oxygen atoms in total. The molecule has 64 valence electrons. The summed E-state index contributed by atoms with van der Waals surface area (Å²) in [5.41, 5.74) is 1.03. The molecule has 1 aromatic rings. The summed E-state index contributed by atoms with van der Waals surface area (Å²) in [5, 5.41) is 0. The summed E-state index contributed by atoms with van der Waals surface area (Å²) in [6.07, 6.45) is 0.736. The van der Waals surface area contributed by atoms with Crippen molar-refractivity contribution in [3.8, 4) is 5.75 Å². The molecule has 0 atom stereocenters. The van der Waals surface area contributed by atoms with Gasteiger partial charge in [-0.1, -0.05) is 22.0 Å². The van der Waals surface area contributed by atoms with Crippen molar-refractivity contribution in [3.05, 3.63) is 28.2 Å². The van der Waals surface area contributed by atoms with E-state index in [0.717, 1.165) is 22.1 Å². The van der Waals surface area contributed by atoms with Gasteiger partial charge in [-0.2, -0.15) is 0 Å². The van der Waals surface area contributed by atoms with Crippen molar-refractivity contribution in [2.45, 2.75) is 6.92 Å². The van der Waals surface area contributed by atoms with Crippen LogP contribution in [0.3, 0.4) is 0 Å². The Kier molecular flexibility index (Phi) is 3.29. The van der Waals surface area contributed by atoms with E-state index in [1.807, 2.05) is 25.1 Å². The second-order valence-electron chi connectivity index (χ2n) is 2.39. The number of hydrogen-bond donors (Lipinski definition) is 0. The van der Waals surface area contributed by atoms with Gasteiger partial charge < -0.3 is 4.74 Å². The van der Waals surface area contributed by atoms with E-state index in [9.17, 15) is 4.79 Å². The van der Waals surface area contributed by atoms with Crippen molar-refractivity contribution >= 4 is 22.2 Å². The molecule has 0 aromatic heterocycles. The first kappa shape index (κ1) is 9.26. The second kappa shape index (κ2) is 4.26. The van der Waals surface area contributed by atoms with Gasteiger partial charge in [0.25, 0.3) is 0 Å². The Morgan fingerprint density at radius 3 is 3.00 bits per heavy atom. The highest BCUT2D eigenvalue weighted by atomic mass is 79.9. The molecular formula is C9H9BrO2. The highest BCUT2D eigenvalue weighted by Crippen LogP contribution is 2.22. The number of rotatable bonds is 3. The van der Waals surface area contributed by atoms with Crippen molar-refractivity contribution in [3.63, 3.8) is 0 Å². The lowest BCUT2D eigenvalue weighted by atomic mass is 10.2. The van der Waals surface area contributed by atoms with E-state index in [1.165, 1.54) is 0 Å². The van der Waals surface area contributed by atoms with E-state index >= 15 is 0 Å². The van der Waals surface area contributed by atoms with E-state index in [4.69, 9.17) is 4.74 Å². The Bertz CT molecular complexity index is 284. The van der Waals surface area contributed by atoms with Crippen LogP contribution < -0.4 is 4.74 Å². The van der Waals surface area contributed by atoms with Crippen molar-refractivity contribution in [2.75, 3.05) is 6.61 Å². The molecule has 0 spiro atoms. The fraction of sp³-hybridized carbons (Fsp3) is 0.222. The Morgan fingerprint density at radius 1 is 1.58 bits per heavy atom. The van der Waals surface area contributed by atoms with Crippen molar-refractivity contribution in [1.29, 1.82) is 0 Å². The highest BCUT2D eigenvalue weighted by molar-refractivity contribution is 9.10. The molecule has 12 heavy (non-hydrogen) atoms. The van der Waals surface area contributed by atoms with Gasteiger partial charge in [-0.15, -0.1) is 0 Å². The van der Waals surface area contributed by atoms with Gasteiger partial charge >= 0.3 is 0 Å². The van der Waals surface area contributed by atoms with Crippen LogP contribution >= 0.6 is 15.9 Å². The fourth-order valence-electron chi connectivity index (χ4n) is 0.853. The van der Waals surface area contributed by atoms with Gasteiger partial charge in [-0.25, -0.2) is 0 Å². The summed E-state index contributed by atoms with van der Waals surface area (Å²) in [6.45, 7) is 2.05. The van der Waals surface area contributed by atoms with Crippen LogP contribution in [0.15, 0.2) is 22.7 Å². The van der Waals surface area contributed by atoms with Crippen molar-refractivity contribution in [2.24, 2.45) is 0 Å². The lowest BCUT2D eigenvalue weighted by molar-refractivity contribution is -0.109. The molecular weight excluding hydrogens is 220 g/mol. The van der Waals surface area contributed by atoms with Gasteiger partial charge in [-0.3, -0.25) is 4.79 Å². The molecule has 0 bridgehead atoms. The third kappa shape index (κ3) is 2.34. The topological polar surface area (TPSA) is 26.3 Å². The normalized spacial score (nSPS) is 9.50. The average Bonchev–Trinajstić information content (AvgIpc) is 2.07. The molecule has 0 heterocycles. The lowest BCUT2D eigenvalue weighted by Crippen LogP contribution is -1.98. The predicted molar refractivity (Wildman–Crippen MR) is 50.4 cm³/mol. The Hall–Kier alpha value is -0.830. The van der Waals surface area contributed by atoms with Crippen LogP contribution in [0.5, 0.6) is 5.75 Å². The molecule has 0 saturated heterocycles. The summed E-state index contributed by atoms with van der Waals surface area (Å²) >= 11 is 3.32. The van der Waals surface area contributed by atoms with Gasteiger partial charge in [-0.05, 0) is 24.6 Å². The standard InChI is InChI=1S/C9H9BrO2/c1-7-2-3-8(10)6-9(7)12-5-4-11/h2-4,6H,5H2,1H3. The number of ether oxygens (including phenoxy) is 1. The number of halogens is 1. The van der Waals surface area contributed by atoms with Gasteiger partial charge in [0.1, 0.15) is 12.4 Å². The molecule has 0 aliphatic heterocycles. The molecule has 0 aliphatic rings. The molecule has 1 aromatic carbocycles. The lowest BCUT2D eigenvalue weighted by Gasteiger charge is -2.05. The maximum atomic E-state index is 10.0. The Balaban J connectivity index is 2.82. The van der Waals surface area contributed by atoms with Crippen LogP contribution in [0.25, 0.3) is 0 Å². The summed E-state index contributed by atoms with van der Waals surface area (Å²) in [5.74, 6) is 0.747. The van der Waals surface area contributed by atoms with Gasteiger partial charge in [0, 0.05) is 4.47 Å². The summed E-state index contributed by atoms with van der Waals surface area (Å²) < 4.78 is 6.12. The zero-order chi connectivity index (χ0) is 8.97. The number of benzene rings is 1. The molecule has 0 saturated carbocycles. The minimum Gasteiger partial charge on any atom is -0.486 e. The smallest absolute Gasteiger partial charge is 0.157 e. The third-order valence-corrected chi connectivity index (χ3v) is 1.95. The monoisotopic (exact) mass is 228 g/mol. The number of carbonyl (C=O) groups is 1. The molecule has 0 fully saturated rings. The van der Waals surface area contributed by atoms with Gasteiger partial charge in [0.2, 0.25) is 0 Å². The van der Waals surface area contributed by atoms with E-state index < -0.39 is 0 Å². The predicted octanol–water partition coefficient (Wildman–Crippen LogP) is 2.34. The molecule has 1 rings (SSSR count). The average molecular weight is 229 g/mol. The van der Waals surface area contributed by atoms with E-state index in [2.05, 4.69) is 15.9 Å². The molecule has 0 amide bonds. The largest absolute Gasteiger partial charge is 0.486 e. The van der Waals surface area contributed by atoms with Crippen LogP contribution in [0.4, 0.5) is 0 Å². The molecule has 3 heteroatoms. The maximum absolute atomic E-state index is 10.0. The van der Waals surface area contributed by atoms with E-state index in [-0.39, 0.29) is 6.61 Å². The maximum Gasteiger partial charge on any atom is 0.157 e. The van der Waals surface area contributed by atoms with Crippen LogP contribution in [0.1, 0.15) is 5.56 Å². The van der Waals surface area contributed by atoms with Crippen LogP contribution in [0, 0.1) is 6.92 Å². The number of aryl methyl sites for hydroxylation is 1. The molecule has 0 aliphatic carbocycles. The number of carbonyl (C=O) groups excluding carboxylic acids is 1. The first-order chi connectivity index (χ1) is 5.74. The first-order valence-electron chi connectivity index (χ1n) is 3.56. The van der Waals surface area contributed by atoms with Crippen molar-refractivity contribution < 1.29 is 9.53 Å². The fourth-order valence-corrected chi connectivity index (χ4v) is 1.19. The third-order valence-electron chi connectivity index (χ3n) is 1.46. The minimum absolute atomic E-state index is 0.108. The SMILES string of the molecule is Cc1ccc(Br)cc1OCC=O. The van der Waals surface area contributed by atoms with Crippen molar-refractivity contribution in [1.82, 2.24) is 0 Å². The summed E-state index contributed by atoms with van der Waals surface area (Å²) in [4.78, 5) is 10.0. The van der Waals surface area contributed by atoms with Crippen LogP contribution in [-0.4, -0.2) is 12.9 Å². The van der Waals surface area contributed by atoms with E-state index in [0.29, 0.717) is 0 Å². The van der Waals surface area contributed by atoms with Crippen LogP contribution in [0.2, 0.25) is 0 Å². The molecule has 0 unspecified atom stereocenters.